The third-order valence-corrected chi connectivity index (χ3v) is 4.30. The fourth-order valence-corrected chi connectivity index (χ4v) is 2.68. The molecule has 116 valence electrons. The molecule has 0 aliphatic heterocycles. The van der Waals surface area contributed by atoms with Crippen LogP contribution in [0.2, 0.25) is 0 Å². The van der Waals surface area contributed by atoms with Gasteiger partial charge in [-0.1, -0.05) is 6.07 Å². The molecule has 0 saturated carbocycles. The molecule has 0 fully saturated rings. The van der Waals surface area contributed by atoms with Crippen LogP contribution in [0.4, 0.5) is 13.2 Å². The molecule has 1 rings (SSSR count). The van der Waals surface area contributed by atoms with Crippen molar-refractivity contribution in [1.29, 1.82) is 5.26 Å². The van der Waals surface area contributed by atoms with Gasteiger partial charge in [0, 0.05) is 13.1 Å². The molecular weight excluding hydrogens is 309 g/mol. The number of aliphatic hydroxyl groups excluding tert-OH is 1. The third kappa shape index (κ3) is 5.34. The Labute approximate surface area is 119 Å². The molecule has 1 atom stereocenters. The number of sulfone groups is 1. The number of nitrogens with zero attached hydrogens (tertiary/aromatic N) is 1. The molecule has 0 aliphatic rings. The molecule has 0 aromatic heterocycles. The second kappa shape index (κ2) is 6.89. The van der Waals surface area contributed by atoms with Gasteiger partial charge in [-0.05, 0) is 18.2 Å². The molecule has 0 heterocycles. The Morgan fingerprint density at radius 2 is 2.05 bits per heavy atom. The summed E-state index contributed by atoms with van der Waals surface area (Å²) in [6.45, 7) is -1.02. The molecular formula is C12H13F3N2O3S. The predicted molar refractivity (Wildman–Crippen MR) is 68.1 cm³/mol. The number of aliphatic hydroxyl groups is 1. The van der Waals surface area contributed by atoms with E-state index in [0.717, 1.165) is 0 Å². The van der Waals surface area contributed by atoms with E-state index in [1.807, 2.05) is 0 Å². The molecule has 9 heteroatoms. The zero-order chi connectivity index (χ0) is 16.1. The van der Waals surface area contributed by atoms with Gasteiger partial charge >= 0.3 is 6.18 Å². The first-order valence-electron chi connectivity index (χ1n) is 5.85. The standard InChI is InChI=1S/C12H13F3N2O3S/c13-12(14,15)11(18)8-17-4-5-21(19,20)10-3-1-2-9(6-10)7-16/h1-3,6,11,17-18H,4-5,8H2. The molecule has 0 bridgehead atoms. The maximum atomic E-state index is 12.0. The van der Waals surface area contributed by atoms with Crippen LogP contribution in [0.25, 0.3) is 0 Å². The van der Waals surface area contributed by atoms with E-state index in [9.17, 15) is 21.6 Å². The van der Waals surface area contributed by atoms with Gasteiger partial charge < -0.3 is 10.4 Å². The first-order chi connectivity index (χ1) is 9.66. The van der Waals surface area contributed by atoms with Gasteiger partial charge in [-0.25, -0.2) is 8.42 Å². The van der Waals surface area contributed by atoms with Crippen LogP contribution in [0.5, 0.6) is 0 Å². The lowest BCUT2D eigenvalue weighted by atomic mass is 10.2. The molecule has 0 saturated heterocycles. The highest BCUT2D eigenvalue weighted by Gasteiger charge is 2.37. The number of halogens is 3. The smallest absolute Gasteiger partial charge is 0.382 e. The van der Waals surface area contributed by atoms with Gasteiger partial charge in [0.1, 0.15) is 0 Å². The minimum atomic E-state index is -4.74. The minimum absolute atomic E-state index is 0.0697. The Bertz CT molecular complexity index is 623. The fourth-order valence-electron chi connectivity index (χ4n) is 1.44. The molecule has 0 aliphatic carbocycles. The summed E-state index contributed by atoms with van der Waals surface area (Å²) in [5.74, 6) is -0.438. The number of nitriles is 1. The summed E-state index contributed by atoms with van der Waals surface area (Å²) < 4.78 is 59.9. The summed E-state index contributed by atoms with van der Waals surface area (Å²) in [6.07, 6.45) is -7.28. The van der Waals surface area contributed by atoms with E-state index in [1.165, 1.54) is 24.3 Å². The van der Waals surface area contributed by atoms with Crippen LogP contribution < -0.4 is 5.32 Å². The highest BCUT2D eigenvalue weighted by atomic mass is 32.2. The average Bonchev–Trinajstić information content (AvgIpc) is 2.42. The van der Waals surface area contributed by atoms with Crippen molar-refractivity contribution in [3.8, 4) is 6.07 Å². The molecule has 1 aromatic carbocycles. The number of rotatable bonds is 6. The van der Waals surface area contributed by atoms with Crippen molar-refractivity contribution in [1.82, 2.24) is 5.32 Å². The third-order valence-electron chi connectivity index (χ3n) is 2.59. The number of hydrogen-bond acceptors (Lipinski definition) is 5. The first-order valence-corrected chi connectivity index (χ1v) is 7.50. The summed E-state index contributed by atoms with van der Waals surface area (Å²) in [6, 6.07) is 7.15. The zero-order valence-corrected chi connectivity index (χ0v) is 11.6. The van der Waals surface area contributed by atoms with Crippen molar-refractivity contribution in [3.63, 3.8) is 0 Å². The average molecular weight is 322 g/mol. The minimum Gasteiger partial charge on any atom is -0.382 e. The maximum absolute atomic E-state index is 12.0. The molecule has 0 radical (unpaired) electrons. The van der Waals surface area contributed by atoms with Gasteiger partial charge in [0.25, 0.3) is 0 Å². The van der Waals surface area contributed by atoms with Crippen molar-refractivity contribution in [2.75, 3.05) is 18.8 Å². The SMILES string of the molecule is N#Cc1cccc(S(=O)(=O)CCNCC(O)C(F)(F)F)c1. The van der Waals surface area contributed by atoms with Crippen molar-refractivity contribution >= 4 is 9.84 Å². The highest BCUT2D eigenvalue weighted by Crippen LogP contribution is 2.19. The lowest BCUT2D eigenvalue weighted by Crippen LogP contribution is -2.39. The predicted octanol–water partition coefficient (Wildman–Crippen LogP) is 0.845. The van der Waals surface area contributed by atoms with Gasteiger partial charge in [-0.15, -0.1) is 0 Å². The van der Waals surface area contributed by atoms with Gasteiger partial charge in [-0.2, -0.15) is 18.4 Å². The van der Waals surface area contributed by atoms with Crippen molar-refractivity contribution in [2.45, 2.75) is 17.2 Å². The molecule has 0 spiro atoms. The van der Waals surface area contributed by atoms with Gasteiger partial charge in [-0.3, -0.25) is 0 Å². The van der Waals surface area contributed by atoms with Crippen molar-refractivity contribution < 1.29 is 26.7 Å². The summed E-state index contributed by atoms with van der Waals surface area (Å²) >= 11 is 0. The second-order valence-electron chi connectivity index (χ2n) is 4.22. The van der Waals surface area contributed by atoms with Gasteiger partial charge in [0.15, 0.2) is 15.9 Å². The van der Waals surface area contributed by atoms with Crippen LogP contribution in [0.15, 0.2) is 29.2 Å². The summed E-state index contributed by atoms with van der Waals surface area (Å²) in [5.41, 5.74) is 0.177. The molecule has 21 heavy (non-hydrogen) atoms. The number of benzene rings is 1. The lowest BCUT2D eigenvalue weighted by molar-refractivity contribution is -0.201. The van der Waals surface area contributed by atoms with Crippen LogP contribution in [0.3, 0.4) is 0 Å². The van der Waals surface area contributed by atoms with E-state index in [-0.39, 0.29) is 17.0 Å². The van der Waals surface area contributed by atoms with Gasteiger partial charge in [0.05, 0.1) is 22.3 Å². The van der Waals surface area contributed by atoms with E-state index in [2.05, 4.69) is 5.32 Å². The van der Waals surface area contributed by atoms with E-state index >= 15 is 0 Å². The van der Waals surface area contributed by atoms with Crippen LogP contribution in [0, 0.1) is 11.3 Å². The molecule has 1 unspecified atom stereocenters. The van der Waals surface area contributed by atoms with E-state index in [1.54, 1.807) is 6.07 Å². The molecule has 5 nitrogen and oxygen atoms in total. The monoisotopic (exact) mass is 322 g/mol. The number of alkyl halides is 3. The zero-order valence-electron chi connectivity index (χ0n) is 10.8. The van der Waals surface area contributed by atoms with Crippen LogP contribution >= 0.6 is 0 Å². The Hall–Kier alpha value is -1.63. The highest BCUT2D eigenvalue weighted by molar-refractivity contribution is 7.91. The van der Waals surface area contributed by atoms with Crippen molar-refractivity contribution in [3.05, 3.63) is 29.8 Å². The quantitative estimate of drug-likeness (QED) is 0.758. The van der Waals surface area contributed by atoms with Gasteiger partial charge in [0.2, 0.25) is 0 Å². The maximum Gasteiger partial charge on any atom is 0.415 e. The second-order valence-corrected chi connectivity index (χ2v) is 6.33. The fraction of sp³-hybridized carbons (Fsp3) is 0.417. The lowest BCUT2D eigenvalue weighted by Gasteiger charge is -2.15. The van der Waals surface area contributed by atoms with Crippen LogP contribution in [-0.4, -0.2) is 44.6 Å². The Balaban J connectivity index is 2.56. The van der Waals surface area contributed by atoms with E-state index in [0.29, 0.717) is 0 Å². The molecule has 0 amide bonds. The Kier molecular flexibility index (Phi) is 5.71. The summed E-state index contributed by atoms with van der Waals surface area (Å²) in [7, 11) is -3.70. The summed E-state index contributed by atoms with van der Waals surface area (Å²) in [4.78, 5) is -0.0697. The van der Waals surface area contributed by atoms with Crippen LogP contribution in [-0.2, 0) is 9.84 Å². The van der Waals surface area contributed by atoms with Crippen LogP contribution in [0.1, 0.15) is 5.56 Å². The summed E-state index contributed by atoms with van der Waals surface area (Å²) in [5, 5.41) is 19.6. The van der Waals surface area contributed by atoms with Crippen molar-refractivity contribution in [2.24, 2.45) is 0 Å². The van der Waals surface area contributed by atoms with E-state index < -0.39 is 34.4 Å². The molecule has 1 aromatic rings. The number of nitrogens with one attached hydrogen (secondary N) is 1. The molecule has 2 N–H and O–H groups in total. The largest absolute Gasteiger partial charge is 0.415 e. The Morgan fingerprint density at radius 1 is 1.38 bits per heavy atom. The first kappa shape index (κ1) is 17.4. The Morgan fingerprint density at radius 3 is 2.62 bits per heavy atom. The van der Waals surface area contributed by atoms with E-state index in [4.69, 9.17) is 10.4 Å². The topological polar surface area (TPSA) is 90.2 Å². The normalized spacial score (nSPS) is 13.7. The number of hydrogen-bond donors (Lipinski definition) is 2.